The summed E-state index contributed by atoms with van der Waals surface area (Å²) in [5, 5.41) is 9.30. The number of alkyl halides is 9. The molecule has 2 aliphatic rings. The molecule has 0 bridgehead atoms. The minimum absolute atomic E-state index is 0.0470. The summed E-state index contributed by atoms with van der Waals surface area (Å²) in [4.78, 5) is 27.2. The SMILES string of the molecule is CCN(CC1CCC(C(=O)O)CC1)c1ccc(OC(F)(F)F)cc1CN1C(=O)O[C@H](c2cc(C(F)(F)F)cc(C(F)(F)F)c2)[C@@H]1C. The van der Waals surface area contributed by atoms with Crippen molar-refractivity contribution in [3.63, 3.8) is 0 Å². The van der Waals surface area contributed by atoms with Crippen molar-refractivity contribution in [2.45, 2.75) is 76.9 Å². The molecule has 1 saturated heterocycles. The minimum Gasteiger partial charge on any atom is -0.481 e. The van der Waals surface area contributed by atoms with E-state index in [0.717, 1.165) is 17.0 Å². The molecule has 1 N–H and O–H groups in total. The van der Waals surface area contributed by atoms with Crippen molar-refractivity contribution in [1.29, 1.82) is 0 Å². The van der Waals surface area contributed by atoms with Crippen LogP contribution in [-0.4, -0.2) is 47.6 Å². The van der Waals surface area contributed by atoms with Gasteiger partial charge in [-0.25, -0.2) is 4.79 Å². The molecule has 0 aromatic heterocycles. The van der Waals surface area contributed by atoms with Gasteiger partial charge in [-0.2, -0.15) is 26.3 Å². The third kappa shape index (κ3) is 8.29. The van der Waals surface area contributed by atoms with E-state index in [1.54, 1.807) is 6.92 Å². The van der Waals surface area contributed by atoms with Crippen LogP contribution in [0.15, 0.2) is 36.4 Å². The highest BCUT2D eigenvalue weighted by atomic mass is 19.4. The summed E-state index contributed by atoms with van der Waals surface area (Å²) in [7, 11) is 0. The molecule has 7 nitrogen and oxygen atoms in total. The third-order valence-electron chi connectivity index (χ3n) is 8.35. The second-order valence-corrected chi connectivity index (χ2v) is 11.4. The molecule has 2 atom stereocenters. The first-order chi connectivity index (χ1) is 21.3. The van der Waals surface area contributed by atoms with Crippen molar-refractivity contribution < 1.29 is 63.7 Å². The van der Waals surface area contributed by atoms with E-state index in [1.165, 1.54) is 13.0 Å². The Balaban J connectivity index is 1.65. The maximum absolute atomic E-state index is 13.5. The van der Waals surface area contributed by atoms with Crippen LogP contribution in [0.3, 0.4) is 0 Å². The summed E-state index contributed by atoms with van der Waals surface area (Å²) in [6.45, 7) is 3.52. The number of carboxylic acids is 1. The van der Waals surface area contributed by atoms with Crippen LogP contribution in [0.1, 0.15) is 67.9 Å². The Morgan fingerprint density at radius 3 is 2.04 bits per heavy atom. The van der Waals surface area contributed by atoms with Crippen molar-refractivity contribution in [2.75, 3.05) is 18.0 Å². The molecule has 2 fully saturated rings. The first-order valence-electron chi connectivity index (χ1n) is 14.4. The fraction of sp³-hybridized carbons (Fsp3) is 0.533. The Hall–Kier alpha value is -3.85. The highest BCUT2D eigenvalue weighted by Crippen LogP contribution is 2.42. The lowest BCUT2D eigenvalue weighted by atomic mass is 9.81. The number of cyclic esters (lactones) is 1. The maximum Gasteiger partial charge on any atom is 0.573 e. The number of hydrogen-bond acceptors (Lipinski definition) is 5. The minimum atomic E-state index is -5.13. The Morgan fingerprint density at radius 1 is 0.957 bits per heavy atom. The number of amides is 1. The van der Waals surface area contributed by atoms with Crippen LogP contribution in [0, 0.1) is 11.8 Å². The van der Waals surface area contributed by atoms with Gasteiger partial charge in [0.1, 0.15) is 11.9 Å². The van der Waals surface area contributed by atoms with E-state index < -0.39 is 77.8 Å². The lowest BCUT2D eigenvalue weighted by molar-refractivity contribution is -0.274. The van der Waals surface area contributed by atoms with Gasteiger partial charge in [-0.05, 0) is 93.0 Å². The van der Waals surface area contributed by atoms with Gasteiger partial charge >= 0.3 is 30.8 Å². The molecule has 1 heterocycles. The fourth-order valence-corrected chi connectivity index (χ4v) is 5.98. The van der Waals surface area contributed by atoms with Crippen molar-refractivity contribution in [2.24, 2.45) is 11.8 Å². The van der Waals surface area contributed by atoms with Crippen LogP contribution in [0.25, 0.3) is 0 Å². The largest absolute Gasteiger partial charge is 0.573 e. The zero-order valence-electron chi connectivity index (χ0n) is 24.6. The van der Waals surface area contributed by atoms with E-state index in [-0.39, 0.29) is 17.5 Å². The predicted octanol–water partition coefficient (Wildman–Crippen LogP) is 8.42. The van der Waals surface area contributed by atoms with Crippen molar-refractivity contribution >= 4 is 17.7 Å². The zero-order valence-corrected chi connectivity index (χ0v) is 24.6. The summed E-state index contributed by atoms with van der Waals surface area (Å²) < 4.78 is 129. The molecule has 0 spiro atoms. The summed E-state index contributed by atoms with van der Waals surface area (Å²) >= 11 is 0. The predicted molar refractivity (Wildman–Crippen MR) is 145 cm³/mol. The van der Waals surface area contributed by atoms with Gasteiger partial charge in [0.25, 0.3) is 0 Å². The molecule has 0 unspecified atom stereocenters. The molecule has 4 rings (SSSR count). The van der Waals surface area contributed by atoms with E-state index in [9.17, 15) is 54.2 Å². The quantitative estimate of drug-likeness (QED) is 0.270. The van der Waals surface area contributed by atoms with E-state index in [4.69, 9.17) is 4.74 Å². The van der Waals surface area contributed by atoms with Crippen LogP contribution < -0.4 is 9.64 Å². The average Bonchev–Trinajstić information content (AvgIpc) is 3.23. The molecule has 2 aromatic carbocycles. The van der Waals surface area contributed by atoms with Gasteiger partial charge in [-0.15, -0.1) is 13.2 Å². The Bertz CT molecular complexity index is 1390. The second-order valence-electron chi connectivity index (χ2n) is 11.4. The smallest absolute Gasteiger partial charge is 0.481 e. The van der Waals surface area contributed by atoms with E-state index in [0.29, 0.717) is 56.6 Å². The maximum atomic E-state index is 13.5. The number of nitrogens with zero attached hydrogens (tertiary/aromatic N) is 2. The van der Waals surface area contributed by atoms with Gasteiger partial charge in [0.15, 0.2) is 0 Å². The zero-order chi connectivity index (χ0) is 34.2. The third-order valence-corrected chi connectivity index (χ3v) is 8.35. The van der Waals surface area contributed by atoms with Crippen molar-refractivity contribution in [1.82, 2.24) is 4.90 Å². The van der Waals surface area contributed by atoms with E-state index in [2.05, 4.69) is 4.74 Å². The number of ether oxygens (including phenoxy) is 2. The Labute approximate surface area is 257 Å². The molecule has 1 saturated carbocycles. The molecule has 2 aromatic rings. The summed E-state index contributed by atoms with van der Waals surface area (Å²) in [6, 6.07) is 3.28. The number of rotatable bonds is 9. The molecule has 254 valence electrons. The van der Waals surface area contributed by atoms with Gasteiger partial charge < -0.3 is 19.5 Å². The number of carbonyl (C=O) groups is 2. The van der Waals surface area contributed by atoms with E-state index >= 15 is 0 Å². The molecular formula is C30H31F9N2O5. The lowest BCUT2D eigenvalue weighted by Gasteiger charge is -2.34. The standard InChI is InChI=1S/C30H31F9N2O5/c1-3-40(14-17-4-6-18(7-5-17)26(42)43)24-9-8-23(46-30(37,38)39)12-20(24)15-41-16(2)25(45-27(41)44)19-10-21(28(31,32)33)13-22(11-19)29(34,35)36/h8-13,16-18,25H,3-7,14-15H2,1-2H3,(H,42,43)/t16-,17?,18?,25-/m0/s1. The van der Waals surface area contributed by atoms with Gasteiger partial charge in [0, 0.05) is 18.8 Å². The van der Waals surface area contributed by atoms with Gasteiger partial charge in [-0.1, -0.05) is 0 Å². The summed E-state index contributed by atoms with van der Waals surface area (Å²) in [5.41, 5.74) is -3.15. The van der Waals surface area contributed by atoms with Crippen LogP contribution in [0.5, 0.6) is 5.75 Å². The monoisotopic (exact) mass is 670 g/mol. The molecule has 1 aliphatic heterocycles. The van der Waals surface area contributed by atoms with E-state index in [1.807, 2.05) is 4.90 Å². The number of carbonyl (C=O) groups excluding carboxylic acids is 1. The molecule has 1 aliphatic carbocycles. The second kappa shape index (κ2) is 13.1. The molecule has 16 heteroatoms. The average molecular weight is 671 g/mol. The Morgan fingerprint density at radius 2 is 1.54 bits per heavy atom. The van der Waals surface area contributed by atoms with Crippen LogP contribution >= 0.6 is 0 Å². The molecule has 46 heavy (non-hydrogen) atoms. The highest BCUT2D eigenvalue weighted by Gasteiger charge is 2.44. The Kier molecular flexibility index (Phi) is 9.97. The fourth-order valence-electron chi connectivity index (χ4n) is 5.98. The topological polar surface area (TPSA) is 79.3 Å². The summed E-state index contributed by atoms with van der Waals surface area (Å²) in [5.74, 6) is -1.87. The van der Waals surface area contributed by atoms with Crippen LogP contribution in [0.2, 0.25) is 0 Å². The highest BCUT2D eigenvalue weighted by molar-refractivity contribution is 5.72. The lowest BCUT2D eigenvalue weighted by Crippen LogP contribution is -2.35. The summed E-state index contributed by atoms with van der Waals surface area (Å²) in [6.07, 6.45) is -15.8. The van der Waals surface area contributed by atoms with Gasteiger partial charge in [0.2, 0.25) is 0 Å². The van der Waals surface area contributed by atoms with Crippen molar-refractivity contribution in [3.05, 3.63) is 58.7 Å². The van der Waals surface area contributed by atoms with Gasteiger partial charge in [0.05, 0.1) is 29.6 Å². The number of hydrogen-bond donors (Lipinski definition) is 1. The van der Waals surface area contributed by atoms with Crippen LogP contribution in [-0.2, 0) is 28.4 Å². The first kappa shape index (κ1) is 35.0. The number of aliphatic carboxylic acids is 1. The first-order valence-corrected chi connectivity index (χ1v) is 14.4. The molecule has 1 amide bonds. The number of halogens is 9. The number of benzene rings is 2. The van der Waals surface area contributed by atoms with Gasteiger partial charge in [-0.3, -0.25) is 9.69 Å². The number of anilines is 1. The van der Waals surface area contributed by atoms with Crippen LogP contribution in [0.4, 0.5) is 50.0 Å². The molecule has 0 radical (unpaired) electrons. The molecular weight excluding hydrogens is 639 g/mol. The van der Waals surface area contributed by atoms with Crippen molar-refractivity contribution in [3.8, 4) is 5.75 Å². The normalized spacial score (nSPS) is 22.5. The number of carboxylic acid groups (broad SMARTS) is 1.